The van der Waals surface area contributed by atoms with Crippen LogP contribution in [0.5, 0.6) is 0 Å². The highest BCUT2D eigenvalue weighted by atomic mass is 32.1. The number of fused-ring (bicyclic) bond motifs is 2. The maximum Gasteiger partial charge on any atom is 0.166 e. The van der Waals surface area contributed by atoms with Crippen molar-refractivity contribution in [2.45, 2.75) is 38.3 Å². The monoisotopic (exact) mass is 261 g/mol. The predicted molar refractivity (Wildman–Crippen MR) is 76.0 cm³/mol. The minimum Gasteiger partial charge on any atom is -0.360 e. The number of rotatable bonds is 3. The largest absolute Gasteiger partial charge is 0.360 e. The molecule has 1 heterocycles. The molecule has 1 aromatic heterocycles. The third kappa shape index (κ3) is 2.64. The van der Waals surface area contributed by atoms with E-state index in [4.69, 9.17) is 12.2 Å². The van der Waals surface area contributed by atoms with Gasteiger partial charge in [-0.1, -0.05) is 6.42 Å². The van der Waals surface area contributed by atoms with Crippen LogP contribution < -0.4 is 10.6 Å². The Kier molecular flexibility index (Phi) is 3.46. The number of nitrogens with zero attached hydrogens (tertiary/aromatic N) is 1. The van der Waals surface area contributed by atoms with Crippen LogP contribution in [0.1, 0.15) is 31.2 Å². The average molecular weight is 261 g/mol. The second-order valence-electron chi connectivity index (χ2n) is 5.46. The lowest BCUT2D eigenvalue weighted by Gasteiger charge is -2.24. The van der Waals surface area contributed by atoms with Gasteiger partial charge in [0.25, 0.3) is 0 Å². The molecule has 96 valence electrons. The maximum atomic E-state index is 5.37. The molecule has 18 heavy (non-hydrogen) atoms. The summed E-state index contributed by atoms with van der Waals surface area (Å²) >= 11 is 5.37. The average Bonchev–Trinajstić information content (AvgIpc) is 3.00. The summed E-state index contributed by atoms with van der Waals surface area (Å²) in [5.74, 6) is 1.81. The normalized spacial score (nSPS) is 29.2. The number of hydrogen-bond acceptors (Lipinski definition) is 2. The van der Waals surface area contributed by atoms with E-state index in [-0.39, 0.29) is 0 Å². The van der Waals surface area contributed by atoms with Gasteiger partial charge >= 0.3 is 0 Å². The van der Waals surface area contributed by atoms with Crippen LogP contribution in [0.4, 0.5) is 0 Å². The first-order valence-electron chi connectivity index (χ1n) is 6.74. The van der Waals surface area contributed by atoms with E-state index in [1.165, 1.54) is 31.2 Å². The minimum atomic E-state index is 0.612. The minimum absolute atomic E-state index is 0.612. The van der Waals surface area contributed by atoms with Crippen molar-refractivity contribution in [3.63, 3.8) is 0 Å². The molecule has 0 spiro atoms. The van der Waals surface area contributed by atoms with Crippen LogP contribution in [0, 0.1) is 11.8 Å². The number of aromatic nitrogens is 1. The highest BCUT2D eigenvalue weighted by molar-refractivity contribution is 7.80. The van der Waals surface area contributed by atoms with Gasteiger partial charge in [0.05, 0.1) is 0 Å². The molecule has 4 heteroatoms. The summed E-state index contributed by atoms with van der Waals surface area (Å²) in [6, 6.07) is 4.63. The zero-order valence-corrected chi connectivity index (χ0v) is 11.2. The Morgan fingerprint density at radius 3 is 2.78 bits per heavy atom. The molecule has 0 amide bonds. The lowest BCUT2D eigenvalue weighted by molar-refractivity contribution is 0.389. The van der Waals surface area contributed by atoms with Gasteiger partial charge in [0.15, 0.2) is 5.11 Å². The van der Waals surface area contributed by atoms with Crippen molar-refractivity contribution in [2.24, 2.45) is 11.8 Å². The maximum absolute atomic E-state index is 5.37. The molecule has 2 aliphatic carbocycles. The lowest BCUT2D eigenvalue weighted by Crippen LogP contribution is -2.43. The molecule has 3 nitrogen and oxygen atoms in total. The summed E-state index contributed by atoms with van der Waals surface area (Å²) in [5.41, 5.74) is 1.21. The smallest absolute Gasteiger partial charge is 0.166 e. The molecule has 2 fully saturated rings. The molecular weight excluding hydrogens is 242 g/mol. The Morgan fingerprint density at radius 1 is 1.28 bits per heavy atom. The lowest BCUT2D eigenvalue weighted by atomic mass is 9.96. The molecule has 3 unspecified atom stereocenters. The molecular formula is C14H19N3S. The molecule has 0 aromatic carbocycles. The van der Waals surface area contributed by atoms with Crippen molar-refractivity contribution in [2.75, 3.05) is 0 Å². The van der Waals surface area contributed by atoms with Crippen molar-refractivity contribution in [3.8, 4) is 0 Å². The van der Waals surface area contributed by atoms with E-state index in [1.54, 1.807) is 0 Å². The Hall–Kier alpha value is -1.16. The van der Waals surface area contributed by atoms with Crippen LogP contribution in [0.25, 0.3) is 0 Å². The van der Waals surface area contributed by atoms with Crippen molar-refractivity contribution in [3.05, 3.63) is 30.1 Å². The van der Waals surface area contributed by atoms with Crippen LogP contribution in [0.2, 0.25) is 0 Å². The first-order chi connectivity index (χ1) is 8.81. The molecule has 2 aliphatic rings. The molecule has 0 saturated heterocycles. The highest BCUT2D eigenvalue weighted by Gasteiger charge is 2.39. The van der Waals surface area contributed by atoms with Crippen molar-refractivity contribution in [1.29, 1.82) is 0 Å². The molecule has 1 aromatic rings. The second kappa shape index (κ2) is 5.22. The molecule has 3 rings (SSSR count). The van der Waals surface area contributed by atoms with E-state index in [9.17, 15) is 0 Å². The molecule has 2 saturated carbocycles. The van der Waals surface area contributed by atoms with Crippen LogP contribution in [-0.4, -0.2) is 16.1 Å². The summed E-state index contributed by atoms with van der Waals surface area (Å²) in [6.07, 6.45) is 9.15. The van der Waals surface area contributed by atoms with E-state index >= 15 is 0 Å². The topological polar surface area (TPSA) is 37.0 Å². The van der Waals surface area contributed by atoms with Crippen molar-refractivity contribution >= 4 is 17.3 Å². The fourth-order valence-corrected chi connectivity index (χ4v) is 3.55. The van der Waals surface area contributed by atoms with Gasteiger partial charge in [-0.2, -0.15) is 0 Å². The summed E-state index contributed by atoms with van der Waals surface area (Å²) in [4.78, 5) is 4.01. The highest BCUT2D eigenvalue weighted by Crippen LogP contribution is 2.44. The Labute approximate surface area is 113 Å². The summed E-state index contributed by atoms with van der Waals surface area (Å²) in [6.45, 7) is 0.773. The fourth-order valence-electron chi connectivity index (χ4n) is 3.32. The molecule has 2 N–H and O–H groups in total. The number of hydrogen-bond donors (Lipinski definition) is 2. The third-order valence-corrected chi connectivity index (χ3v) is 4.52. The summed E-state index contributed by atoms with van der Waals surface area (Å²) in [7, 11) is 0. The zero-order valence-electron chi connectivity index (χ0n) is 10.4. The SMILES string of the molecule is S=C(NCc1ccncc1)NC1CC2CCC1C2. The van der Waals surface area contributed by atoms with Crippen LogP contribution in [0.15, 0.2) is 24.5 Å². The third-order valence-electron chi connectivity index (χ3n) is 4.26. The van der Waals surface area contributed by atoms with E-state index in [0.29, 0.717) is 6.04 Å². The molecule has 2 bridgehead atoms. The van der Waals surface area contributed by atoms with Gasteiger partial charge in [0, 0.05) is 25.0 Å². The first-order valence-corrected chi connectivity index (χ1v) is 7.15. The van der Waals surface area contributed by atoms with Gasteiger partial charge < -0.3 is 10.6 Å². The molecule has 3 atom stereocenters. The van der Waals surface area contributed by atoms with Crippen LogP contribution >= 0.6 is 12.2 Å². The number of pyridine rings is 1. The van der Waals surface area contributed by atoms with Crippen LogP contribution in [-0.2, 0) is 6.54 Å². The van der Waals surface area contributed by atoms with E-state index < -0.39 is 0 Å². The summed E-state index contributed by atoms with van der Waals surface area (Å²) in [5, 5.41) is 7.56. The number of thiocarbonyl (C=S) groups is 1. The predicted octanol–water partition coefficient (Wildman–Crippen LogP) is 2.23. The first kappa shape index (κ1) is 11.9. The fraction of sp³-hybridized carbons (Fsp3) is 0.571. The van der Waals surface area contributed by atoms with Gasteiger partial charge in [-0.15, -0.1) is 0 Å². The van der Waals surface area contributed by atoms with Gasteiger partial charge in [0.1, 0.15) is 0 Å². The van der Waals surface area contributed by atoms with E-state index in [0.717, 1.165) is 23.5 Å². The zero-order chi connectivity index (χ0) is 12.4. The number of nitrogens with one attached hydrogen (secondary N) is 2. The van der Waals surface area contributed by atoms with E-state index in [1.807, 2.05) is 24.5 Å². The Balaban J connectivity index is 1.45. The quantitative estimate of drug-likeness (QED) is 0.818. The van der Waals surface area contributed by atoms with Gasteiger partial charge in [-0.3, -0.25) is 4.98 Å². The van der Waals surface area contributed by atoms with Gasteiger partial charge in [-0.25, -0.2) is 0 Å². The molecule has 0 radical (unpaired) electrons. The summed E-state index contributed by atoms with van der Waals surface area (Å²) < 4.78 is 0. The van der Waals surface area contributed by atoms with Gasteiger partial charge in [0.2, 0.25) is 0 Å². The van der Waals surface area contributed by atoms with Crippen LogP contribution in [0.3, 0.4) is 0 Å². The Bertz CT molecular complexity index is 420. The van der Waals surface area contributed by atoms with Crippen molar-refractivity contribution < 1.29 is 0 Å². The second-order valence-corrected chi connectivity index (χ2v) is 5.87. The molecule has 0 aliphatic heterocycles. The van der Waals surface area contributed by atoms with Gasteiger partial charge in [-0.05, 0) is 61.0 Å². The Morgan fingerprint density at radius 2 is 2.11 bits per heavy atom. The van der Waals surface area contributed by atoms with Crippen molar-refractivity contribution in [1.82, 2.24) is 15.6 Å². The van der Waals surface area contributed by atoms with E-state index in [2.05, 4.69) is 15.6 Å². The standard InChI is InChI=1S/C14H19N3S/c18-14(16-9-10-3-5-15-6-4-10)17-13-8-11-1-2-12(13)7-11/h3-6,11-13H,1-2,7-9H2,(H2,16,17,18).